The Morgan fingerprint density at radius 2 is 1.89 bits per heavy atom. The first kappa shape index (κ1) is 11.8. The Hall–Kier alpha value is -1.32. The van der Waals surface area contributed by atoms with Gasteiger partial charge in [0.05, 0.1) is 6.61 Å². The molecule has 0 radical (unpaired) electrons. The van der Waals surface area contributed by atoms with Crippen LogP contribution in [0.15, 0.2) is 46.9 Å². The molecule has 1 N–H and O–H groups in total. The first-order valence-electron chi connectivity index (χ1n) is 5.93. The van der Waals surface area contributed by atoms with Crippen molar-refractivity contribution in [2.45, 2.75) is 12.5 Å². The van der Waals surface area contributed by atoms with Crippen LogP contribution in [-0.2, 0) is 11.2 Å². The summed E-state index contributed by atoms with van der Waals surface area (Å²) in [7, 11) is 0. The first-order chi connectivity index (χ1) is 8.74. The van der Waals surface area contributed by atoms with Crippen LogP contribution in [0.1, 0.15) is 22.8 Å². The van der Waals surface area contributed by atoms with Crippen molar-refractivity contribution in [1.29, 1.82) is 0 Å². The average Bonchev–Trinajstić information content (AvgIpc) is 2.38. The van der Waals surface area contributed by atoms with Crippen LogP contribution in [0, 0.1) is 0 Å². The SMILES string of the molecule is Oc1ccc2c(c1)CCOC2c1ccc(Br)cc1. The van der Waals surface area contributed by atoms with E-state index in [1.807, 2.05) is 24.3 Å². The summed E-state index contributed by atoms with van der Waals surface area (Å²) in [6.45, 7) is 0.692. The predicted molar refractivity (Wildman–Crippen MR) is 73.7 cm³/mol. The van der Waals surface area contributed by atoms with E-state index in [4.69, 9.17) is 4.74 Å². The molecule has 0 aromatic heterocycles. The topological polar surface area (TPSA) is 29.5 Å². The average molecular weight is 305 g/mol. The second-order valence-electron chi connectivity index (χ2n) is 4.44. The maximum atomic E-state index is 9.53. The third-order valence-corrected chi connectivity index (χ3v) is 3.77. The molecule has 0 amide bonds. The van der Waals surface area contributed by atoms with E-state index in [1.54, 1.807) is 6.07 Å². The van der Waals surface area contributed by atoms with E-state index in [0.717, 1.165) is 22.0 Å². The summed E-state index contributed by atoms with van der Waals surface area (Å²) in [5.41, 5.74) is 3.47. The van der Waals surface area contributed by atoms with E-state index < -0.39 is 0 Å². The molecule has 0 aliphatic carbocycles. The van der Waals surface area contributed by atoms with Gasteiger partial charge >= 0.3 is 0 Å². The number of phenolic OH excluding ortho intramolecular Hbond substituents is 1. The lowest BCUT2D eigenvalue weighted by atomic mass is 9.93. The summed E-state index contributed by atoms with van der Waals surface area (Å²) >= 11 is 3.44. The van der Waals surface area contributed by atoms with Crippen molar-refractivity contribution in [1.82, 2.24) is 0 Å². The lowest BCUT2D eigenvalue weighted by molar-refractivity contribution is 0.0697. The number of aromatic hydroxyl groups is 1. The minimum atomic E-state index is -0.0255. The van der Waals surface area contributed by atoms with Gasteiger partial charge < -0.3 is 9.84 Å². The zero-order chi connectivity index (χ0) is 12.5. The third kappa shape index (κ3) is 2.16. The number of hydrogen-bond acceptors (Lipinski definition) is 2. The molecule has 0 saturated carbocycles. The van der Waals surface area contributed by atoms with Crippen LogP contribution >= 0.6 is 15.9 Å². The second-order valence-corrected chi connectivity index (χ2v) is 5.35. The zero-order valence-electron chi connectivity index (χ0n) is 9.77. The van der Waals surface area contributed by atoms with Gasteiger partial charge in [0, 0.05) is 4.47 Å². The molecule has 18 heavy (non-hydrogen) atoms. The summed E-state index contributed by atoms with van der Waals surface area (Å²) in [5.74, 6) is 0.324. The fourth-order valence-corrected chi connectivity index (χ4v) is 2.62. The summed E-state index contributed by atoms with van der Waals surface area (Å²) in [6, 6.07) is 13.7. The minimum absolute atomic E-state index is 0.0255. The smallest absolute Gasteiger partial charge is 0.115 e. The molecule has 1 unspecified atom stereocenters. The van der Waals surface area contributed by atoms with E-state index >= 15 is 0 Å². The van der Waals surface area contributed by atoms with Crippen LogP contribution in [0.2, 0.25) is 0 Å². The van der Waals surface area contributed by atoms with E-state index in [-0.39, 0.29) is 6.10 Å². The lowest BCUT2D eigenvalue weighted by Crippen LogP contribution is -2.17. The van der Waals surface area contributed by atoms with Gasteiger partial charge in [0.15, 0.2) is 0 Å². The first-order valence-corrected chi connectivity index (χ1v) is 6.72. The van der Waals surface area contributed by atoms with Crippen LogP contribution < -0.4 is 0 Å². The van der Waals surface area contributed by atoms with Crippen LogP contribution in [0.5, 0.6) is 5.75 Å². The van der Waals surface area contributed by atoms with Gasteiger partial charge in [-0.05, 0) is 47.4 Å². The number of fused-ring (bicyclic) bond motifs is 1. The van der Waals surface area contributed by atoms with Crippen molar-refractivity contribution < 1.29 is 9.84 Å². The molecule has 0 saturated heterocycles. The maximum Gasteiger partial charge on any atom is 0.115 e. The van der Waals surface area contributed by atoms with Crippen molar-refractivity contribution in [3.63, 3.8) is 0 Å². The highest BCUT2D eigenvalue weighted by atomic mass is 79.9. The van der Waals surface area contributed by atoms with E-state index in [1.165, 1.54) is 5.56 Å². The van der Waals surface area contributed by atoms with Gasteiger partial charge in [0.1, 0.15) is 11.9 Å². The molecular weight excluding hydrogens is 292 g/mol. The molecule has 92 valence electrons. The molecule has 0 bridgehead atoms. The van der Waals surface area contributed by atoms with Gasteiger partial charge in [-0.3, -0.25) is 0 Å². The normalized spacial score (nSPS) is 18.4. The summed E-state index contributed by atoms with van der Waals surface area (Å²) in [4.78, 5) is 0. The Balaban J connectivity index is 2.03. The Morgan fingerprint density at radius 3 is 2.67 bits per heavy atom. The van der Waals surface area contributed by atoms with Crippen molar-refractivity contribution in [3.05, 3.63) is 63.6 Å². The van der Waals surface area contributed by atoms with E-state index in [0.29, 0.717) is 12.4 Å². The molecular formula is C15H13BrO2. The molecule has 1 aliphatic rings. The predicted octanol–water partition coefficient (Wildman–Crippen LogP) is 3.82. The summed E-state index contributed by atoms with van der Waals surface area (Å²) in [5, 5.41) is 9.53. The number of ether oxygens (including phenoxy) is 1. The van der Waals surface area contributed by atoms with Gasteiger partial charge in [-0.25, -0.2) is 0 Å². The van der Waals surface area contributed by atoms with Gasteiger partial charge in [0.25, 0.3) is 0 Å². The van der Waals surface area contributed by atoms with Crippen LogP contribution in [0.25, 0.3) is 0 Å². The number of halogens is 1. The Kier molecular flexibility index (Phi) is 3.10. The third-order valence-electron chi connectivity index (χ3n) is 3.24. The van der Waals surface area contributed by atoms with Crippen LogP contribution in [0.4, 0.5) is 0 Å². The number of rotatable bonds is 1. The van der Waals surface area contributed by atoms with Crippen molar-refractivity contribution in [2.75, 3.05) is 6.61 Å². The van der Waals surface area contributed by atoms with E-state index in [2.05, 4.69) is 28.1 Å². The fourth-order valence-electron chi connectivity index (χ4n) is 2.35. The quantitative estimate of drug-likeness (QED) is 0.868. The molecule has 2 aromatic carbocycles. The highest BCUT2D eigenvalue weighted by Gasteiger charge is 2.22. The van der Waals surface area contributed by atoms with Crippen LogP contribution in [-0.4, -0.2) is 11.7 Å². The lowest BCUT2D eigenvalue weighted by Gasteiger charge is -2.26. The van der Waals surface area contributed by atoms with Crippen molar-refractivity contribution in [2.24, 2.45) is 0 Å². The Bertz CT molecular complexity index is 563. The molecule has 3 heteroatoms. The molecule has 2 aromatic rings. The fraction of sp³-hybridized carbons (Fsp3) is 0.200. The number of phenols is 1. The number of hydrogen-bond donors (Lipinski definition) is 1. The molecule has 1 heterocycles. The monoisotopic (exact) mass is 304 g/mol. The molecule has 1 atom stereocenters. The van der Waals surface area contributed by atoms with E-state index in [9.17, 15) is 5.11 Å². The zero-order valence-corrected chi connectivity index (χ0v) is 11.4. The van der Waals surface area contributed by atoms with Gasteiger partial charge in [0.2, 0.25) is 0 Å². The summed E-state index contributed by atoms with van der Waals surface area (Å²) < 4.78 is 6.94. The molecule has 3 rings (SSSR count). The minimum Gasteiger partial charge on any atom is -0.508 e. The summed E-state index contributed by atoms with van der Waals surface area (Å²) in [6.07, 6.45) is 0.832. The van der Waals surface area contributed by atoms with Crippen molar-refractivity contribution >= 4 is 15.9 Å². The molecule has 0 fully saturated rings. The van der Waals surface area contributed by atoms with Crippen LogP contribution in [0.3, 0.4) is 0 Å². The molecule has 2 nitrogen and oxygen atoms in total. The Morgan fingerprint density at radius 1 is 1.11 bits per heavy atom. The Labute approximate surface area is 114 Å². The number of benzene rings is 2. The van der Waals surface area contributed by atoms with Crippen molar-refractivity contribution in [3.8, 4) is 5.75 Å². The highest BCUT2D eigenvalue weighted by Crippen LogP contribution is 2.34. The van der Waals surface area contributed by atoms with Gasteiger partial charge in [-0.2, -0.15) is 0 Å². The highest BCUT2D eigenvalue weighted by molar-refractivity contribution is 9.10. The standard InChI is InChI=1S/C15H13BrO2/c16-12-3-1-10(2-4-12)15-14-6-5-13(17)9-11(14)7-8-18-15/h1-6,9,15,17H,7-8H2. The largest absolute Gasteiger partial charge is 0.508 e. The molecule has 0 spiro atoms. The van der Waals surface area contributed by atoms with Gasteiger partial charge in [-0.15, -0.1) is 0 Å². The maximum absolute atomic E-state index is 9.53. The molecule has 1 aliphatic heterocycles. The second kappa shape index (κ2) is 4.75. The van der Waals surface area contributed by atoms with Gasteiger partial charge in [-0.1, -0.05) is 34.1 Å².